The number of carbonyl (C=O) groups excluding carboxylic acids is 1. The molecule has 1 aliphatic heterocycles. The van der Waals surface area contributed by atoms with Gasteiger partial charge in [0.2, 0.25) is 5.91 Å². The van der Waals surface area contributed by atoms with Gasteiger partial charge in [0.05, 0.1) is 0 Å². The Morgan fingerprint density at radius 1 is 0.958 bits per heavy atom. The maximum absolute atomic E-state index is 12.7. The molecule has 126 valence electrons. The molecule has 3 nitrogen and oxygen atoms in total. The van der Waals surface area contributed by atoms with Crippen molar-refractivity contribution >= 4 is 16.7 Å². The molecular weight excluding hydrogens is 318 g/mol. The summed E-state index contributed by atoms with van der Waals surface area (Å²) < 4.78 is 11.5. The second kappa shape index (κ2) is 8.25. The summed E-state index contributed by atoms with van der Waals surface area (Å²) in [4.78, 5) is 14.6. The number of carbonyl (C=O) groups is 1. The molecule has 0 aromatic heterocycles. The SMILES string of the molecule is O=C(CC(Cc1ccccc1)c1ccccc1)N1CCS(=O)CC1. The molecule has 1 amide bonds. The lowest BCUT2D eigenvalue weighted by Gasteiger charge is -2.28. The topological polar surface area (TPSA) is 37.4 Å². The quantitative estimate of drug-likeness (QED) is 0.838. The summed E-state index contributed by atoms with van der Waals surface area (Å²) in [6, 6.07) is 20.6. The summed E-state index contributed by atoms with van der Waals surface area (Å²) in [7, 11) is -0.751. The van der Waals surface area contributed by atoms with Crippen molar-refractivity contribution in [3.05, 3.63) is 71.8 Å². The molecule has 24 heavy (non-hydrogen) atoms. The fourth-order valence-corrected chi connectivity index (χ4v) is 4.21. The van der Waals surface area contributed by atoms with Crippen LogP contribution in [0.3, 0.4) is 0 Å². The van der Waals surface area contributed by atoms with Gasteiger partial charge in [0, 0.05) is 41.8 Å². The summed E-state index contributed by atoms with van der Waals surface area (Å²) in [5, 5.41) is 0. The third kappa shape index (κ3) is 4.54. The minimum absolute atomic E-state index is 0.175. The van der Waals surface area contributed by atoms with Crippen LogP contribution >= 0.6 is 0 Å². The van der Waals surface area contributed by atoms with Gasteiger partial charge < -0.3 is 4.90 Å². The highest BCUT2D eigenvalue weighted by Gasteiger charge is 2.24. The zero-order valence-corrected chi connectivity index (χ0v) is 14.6. The second-order valence-electron chi connectivity index (χ2n) is 6.23. The zero-order valence-electron chi connectivity index (χ0n) is 13.8. The van der Waals surface area contributed by atoms with Crippen LogP contribution in [-0.2, 0) is 22.0 Å². The number of hydrogen-bond acceptors (Lipinski definition) is 2. The lowest BCUT2D eigenvalue weighted by atomic mass is 9.89. The molecule has 0 aliphatic carbocycles. The second-order valence-corrected chi connectivity index (χ2v) is 7.93. The molecule has 1 fully saturated rings. The summed E-state index contributed by atoms with van der Waals surface area (Å²) >= 11 is 0. The van der Waals surface area contributed by atoms with Crippen LogP contribution in [0.25, 0.3) is 0 Å². The molecular formula is C20H23NO2S. The lowest BCUT2D eigenvalue weighted by Crippen LogP contribution is -2.42. The van der Waals surface area contributed by atoms with E-state index >= 15 is 0 Å². The molecule has 3 rings (SSSR count). The van der Waals surface area contributed by atoms with Crippen molar-refractivity contribution in [1.82, 2.24) is 4.90 Å². The highest BCUT2D eigenvalue weighted by Crippen LogP contribution is 2.25. The fourth-order valence-electron chi connectivity index (χ4n) is 3.16. The summed E-state index contributed by atoms with van der Waals surface area (Å²) in [5.74, 6) is 1.57. The Hall–Kier alpha value is -1.94. The van der Waals surface area contributed by atoms with E-state index in [1.165, 1.54) is 11.1 Å². The van der Waals surface area contributed by atoms with E-state index in [0.717, 1.165) is 6.42 Å². The van der Waals surface area contributed by atoms with Gasteiger partial charge in [-0.05, 0) is 23.5 Å². The smallest absolute Gasteiger partial charge is 0.223 e. The molecule has 2 aromatic carbocycles. The van der Waals surface area contributed by atoms with Gasteiger partial charge in [-0.2, -0.15) is 0 Å². The Bertz CT molecular complexity index is 677. The van der Waals surface area contributed by atoms with Gasteiger partial charge in [-0.25, -0.2) is 0 Å². The molecule has 2 aromatic rings. The van der Waals surface area contributed by atoms with Crippen molar-refractivity contribution in [2.75, 3.05) is 24.6 Å². The predicted molar refractivity (Wildman–Crippen MR) is 98.4 cm³/mol. The Labute approximate surface area is 146 Å². The van der Waals surface area contributed by atoms with Crippen molar-refractivity contribution in [3.63, 3.8) is 0 Å². The monoisotopic (exact) mass is 341 g/mol. The maximum Gasteiger partial charge on any atom is 0.223 e. The van der Waals surface area contributed by atoms with E-state index in [9.17, 15) is 9.00 Å². The number of benzene rings is 2. The van der Waals surface area contributed by atoms with Crippen molar-refractivity contribution in [2.24, 2.45) is 0 Å². The Morgan fingerprint density at radius 2 is 1.54 bits per heavy atom. The van der Waals surface area contributed by atoms with Gasteiger partial charge in [0.15, 0.2) is 0 Å². The minimum Gasteiger partial charge on any atom is -0.341 e. The largest absolute Gasteiger partial charge is 0.341 e. The molecule has 0 saturated carbocycles. The van der Waals surface area contributed by atoms with E-state index in [1.807, 2.05) is 41.3 Å². The first kappa shape index (κ1) is 16.9. The van der Waals surface area contributed by atoms with E-state index < -0.39 is 10.8 Å². The van der Waals surface area contributed by atoms with Gasteiger partial charge >= 0.3 is 0 Å². The third-order valence-electron chi connectivity index (χ3n) is 4.55. The molecule has 1 saturated heterocycles. The van der Waals surface area contributed by atoms with Gasteiger partial charge in [-0.15, -0.1) is 0 Å². The first-order chi connectivity index (χ1) is 11.7. The molecule has 1 aliphatic rings. The van der Waals surface area contributed by atoms with Gasteiger partial charge in [-0.3, -0.25) is 9.00 Å². The third-order valence-corrected chi connectivity index (χ3v) is 5.82. The maximum atomic E-state index is 12.7. The molecule has 1 atom stereocenters. The van der Waals surface area contributed by atoms with Crippen LogP contribution in [0.15, 0.2) is 60.7 Å². The van der Waals surface area contributed by atoms with E-state index in [1.54, 1.807) is 0 Å². The highest BCUT2D eigenvalue weighted by molar-refractivity contribution is 7.85. The zero-order chi connectivity index (χ0) is 16.8. The lowest BCUT2D eigenvalue weighted by molar-refractivity contribution is -0.131. The highest BCUT2D eigenvalue weighted by atomic mass is 32.2. The first-order valence-electron chi connectivity index (χ1n) is 8.44. The number of hydrogen-bond donors (Lipinski definition) is 0. The number of nitrogens with zero attached hydrogens (tertiary/aromatic N) is 1. The van der Waals surface area contributed by atoms with Crippen LogP contribution in [0.1, 0.15) is 23.5 Å². The average molecular weight is 341 g/mol. The van der Waals surface area contributed by atoms with E-state index in [4.69, 9.17) is 0 Å². The molecule has 0 N–H and O–H groups in total. The van der Waals surface area contributed by atoms with E-state index in [0.29, 0.717) is 31.0 Å². The molecule has 1 heterocycles. The Morgan fingerprint density at radius 3 is 2.17 bits per heavy atom. The summed E-state index contributed by atoms with van der Waals surface area (Å²) in [5.41, 5.74) is 2.45. The van der Waals surface area contributed by atoms with Gasteiger partial charge in [0.1, 0.15) is 0 Å². The van der Waals surface area contributed by atoms with Crippen molar-refractivity contribution in [2.45, 2.75) is 18.8 Å². The van der Waals surface area contributed by atoms with Crippen LogP contribution in [0.5, 0.6) is 0 Å². The first-order valence-corrected chi connectivity index (χ1v) is 9.93. The van der Waals surface area contributed by atoms with Crippen LogP contribution in [0.4, 0.5) is 0 Å². The average Bonchev–Trinajstić information content (AvgIpc) is 2.63. The van der Waals surface area contributed by atoms with Crippen molar-refractivity contribution in [1.29, 1.82) is 0 Å². The van der Waals surface area contributed by atoms with Crippen LogP contribution < -0.4 is 0 Å². The molecule has 0 bridgehead atoms. The van der Waals surface area contributed by atoms with Gasteiger partial charge in [-0.1, -0.05) is 60.7 Å². The molecule has 4 heteroatoms. The van der Waals surface area contributed by atoms with E-state index in [2.05, 4.69) is 24.3 Å². The predicted octanol–water partition coefficient (Wildman–Crippen LogP) is 2.99. The summed E-state index contributed by atoms with van der Waals surface area (Å²) in [6.45, 7) is 1.25. The van der Waals surface area contributed by atoms with Crippen molar-refractivity contribution in [3.8, 4) is 0 Å². The van der Waals surface area contributed by atoms with Crippen LogP contribution in [0, 0.1) is 0 Å². The Balaban J connectivity index is 1.72. The van der Waals surface area contributed by atoms with E-state index in [-0.39, 0.29) is 11.8 Å². The Kier molecular flexibility index (Phi) is 5.81. The van der Waals surface area contributed by atoms with Crippen molar-refractivity contribution < 1.29 is 9.00 Å². The molecule has 0 spiro atoms. The standard InChI is InChI=1S/C20H23NO2S/c22-20(21-11-13-24(23)14-12-21)16-19(18-9-5-2-6-10-18)15-17-7-3-1-4-8-17/h1-10,19H,11-16H2. The number of rotatable bonds is 5. The van der Waals surface area contributed by atoms with Gasteiger partial charge in [0.25, 0.3) is 0 Å². The summed E-state index contributed by atoms with van der Waals surface area (Å²) in [6.07, 6.45) is 1.36. The minimum atomic E-state index is -0.751. The van der Waals surface area contributed by atoms with Crippen LogP contribution in [0.2, 0.25) is 0 Å². The van der Waals surface area contributed by atoms with Crippen LogP contribution in [-0.4, -0.2) is 39.6 Å². The fraction of sp³-hybridized carbons (Fsp3) is 0.350. The number of amides is 1. The normalized spacial score (nSPS) is 16.8. The molecule has 0 radical (unpaired) electrons. The molecule has 1 unspecified atom stereocenters.